The van der Waals surface area contributed by atoms with Gasteiger partial charge in [-0.2, -0.15) is 0 Å². The fraction of sp³-hybridized carbons (Fsp3) is 0.133. The van der Waals surface area contributed by atoms with Crippen molar-refractivity contribution in [2.45, 2.75) is 13.0 Å². The smallest absolute Gasteiger partial charge is 0.310 e. The van der Waals surface area contributed by atoms with Crippen molar-refractivity contribution >= 4 is 27.6 Å². The number of hydrogen-bond acceptors (Lipinski definition) is 3. The van der Waals surface area contributed by atoms with Crippen LogP contribution in [-0.4, -0.2) is 5.97 Å². The fourth-order valence-electron chi connectivity index (χ4n) is 1.64. The molecular formula is C15H14BrNO2. The summed E-state index contributed by atoms with van der Waals surface area (Å²) < 4.78 is 6.20. The van der Waals surface area contributed by atoms with Crippen LogP contribution in [0.1, 0.15) is 11.1 Å². The van der Waals surface area contributed by atoms with Crippen LogP contribution in [0, 0.1) is 0 Å². The van der Waals surface area contributed by atoms with Gasteiger partial charge in [0.2, 0.25) is 0 Å². The molecule has 2 aromatic rings. The molecular weight excluding hydrogens is 306 g/mol. The first-order valence-electron chi connectivity index (χ1n) is 5.88. The van der Waals surface area contributed by atoms with Gasteiger partial charge in [-0.25, -0.2) is 0 Å². The van der Waals surface area contributed by atoms with E-state index in [0.717, 1.165) is 15.6 Å². The first-order chi connectivity index (χ1) is 9.13. The molecule has 0 amide bonds. The molecule has 0 aliphatic carbocycles. The Morgan fingerprint density at radius 3 is 2.53 bits per heavy atom. The Labute approximate surface area is 120 Å². The largest absolute Gasteiger partial charge is 0.461 e. The summed E-state index contributed by atoms with van der Waals surface area (Å²) in [6.45, 7) is 0.285. The highest BCUT2D eigenvalue weighted by molar-refractivity contribution is 9.10. The summed E-state index contributed by atoms with van der Waals surface area (Å²) in [6, 6.07) is 14.9. The Balaban J connectivity index is 1.86. The van der Waals surface area contributed by atoms with Crippen LogP contribution in [0.4, 0.5) is 5.69 Å². The summed E-state index contributed by atoms with van der Waals surface area (Å²) >= 11 is 3.38. The molecule has 0 spiro atoms. The number of benzene rings is 2. The van der Waals surface area contributed by atoms with Crippen LogP contribution in [0.15, 0.2) is 53.0 Å². The van der Waals surface area contributed by atoms with Gasteiger partial charge in [0.1, 0.15) is 6.61 Å². The van der Waals surface area contributed by atoms with Gasteiger partial charge in [0, 0.05) is 10.2 Å². The van der Waals surface area contributed by atoms with E-state index >= 15 is 0 Å². The third-order valence-corrected chi connectivity index (χ3v) is 3.11. The minimum Gasteiger partial charge on any atom is -0.461 e. The minimum absolute atomic E-state index is 0.246. The second-order valence-corrected chi connectivity index (χ2v) is 5.12. The SMILES string of the molecule is Nc1ccc(CC(=O)OCc2cccc(Br)c2)cc1. The number of halogens is 1. The van der Waals surface area contributed by atoms with Gasteiger partial charge in [-0.3, -0.25) is 4.79 Å². The Morgan fingerprint density at radius 1 is 1.11 bits per heavy atom. The lowest BCUT2D eigenvalue weighted by Crippen LogP contribution is -2.08. The molecule has 3 nitrogen and oxygen atoms in total. The van der Waals surface area contributed by atoms with Gasteiger partial charge in [0.05, 0.1) is 6.42 Å². The van der Waals surface area contributed by atoms with E-state index in [9.17, 15) is 4.79 Å². The summed E-state index contributed by atoms with van der Waals surface area (Å²) in [7, 11) is 0. The molecule has 0 saturated carbocycles. The highest BCUT2D eigenvalue weighted by atomic mass is 79.9. The van der Waals surface area contributed by atoms with Crippen LogP contribution in [0.5, 0.6) is 0 Å². The van der Waals surface area contributed by atoms with Crippen molar-refractivity contribution in [3.05, 3.63) is 64.1 Å². The van der Waals surface area contributed by atoms with E-state index in [1.807, 2.05) is 36.4 Å². The quantitative estimate of drug-likeness (QED) is 0.694. The average Bonchev–Trinajstić information content (AvgIpc) is 2.39. The van der Waals surface area contributed by atoms with Gasteiger partial charge in [-0.05, 0) is 35.4 Å². The number of anilines is 1. The summed E-state index contributed by atoms with van der Waals surface area (Å²) in [5.74, 6) is -0.246. The standard InChI is InChI=1S/C15H14BrNO2/c16-13-3-1-2-12(8-13)10-19-15(18)9-11-4-6-14(17)7-5-11/h1-8H,9-10,17H2. The van der Waals surface area contributed by atoms with E-state index in [1.165, 1.54) is 0 Å². The molecule has 0 saturated heterocycles. The molecule has 0 aliphatic heterocycles. The zero-order valence-corrected chi connectivity index (χ0v) is 11.9. The van der Waals surface area contributed by atoms with E-state index in [1.54, 1.807) is 12.1 Å². The van der Waals surface area contributed by atoms with E-state index < -0.39 is 0 Å². The predicted molar refractivity (Wildman–Crippen MR) is 78.5 cm³/mol. The van der Waals surface area contributed by atoms with Crippen LogP contribution in [0.2, 0.25) is 0 Å². The fourth-order valence-corrected chi connectivity index (χ4v) is 2.09. The number of esters is 1. The Kier molecular flexibility index (Phi) is 4.58. The van der Waals surface area contributed by atoms with Crippen molar-refractivity contribution in [3.63, 3.8) is 0 Å². The molecule has 0 radical (unpaired) electrons. The molecule has 0 bridgehead atoms. The lowest BCUT2D eigenvalue weighted by Gasteiger charge is -2.05. The van der Waals surface area contributed by atoms with Crippen molar-refractivity contribution in [3.8, 4) is 0 Å². The molecule has 19 heavy (non-hydrogen) atoms. The normalized spacial score (nSPS) is 10.2. The molecule has 0 fully saturated rings. The van der Waals surface area contributed by atoms with Gasteiger partial charge in [0.25, 0.3) is 0 Å². The van der Waals surface area contributed by atoms with Crippen LogP contribution in [0.3, 0.4) is 0 Å². The van der Waals surface area contributed by atoms with Crippen LogP contribution in [0.25, 0.3) is 0 Å². The maximum absolute atomic E-state index is 11.7. The number of carbonyl (C=O) groups is 1. The number of nitrogen functional groups attached to an aromatic ring is 1. The summed E-state index contributed by atoms with van der Waals surface area (Å²) in [4.78, 5) is 11.7. The van der Waals surface area contributed by atoms with Gasteiger partial charge >= 0.3 is 5.97 Å². The zero-order valence-electron chi connectivity index (χ0n) is 10.3. The van der Waals surface area contributed by atoms with Crippen LogP contribution in [-0.2, 0) is 22.6 Å². The molecule has 2 rings (SSSR count). The number of ether oxygens (including phenoxy) is 1. The molecule has 4 heteroatoms. The second-order valence-electron chi connectivity index (χ2n) is 4.21. The Hall–Kier alpha value is -1.81. The first kappa shape index (κ1) is 13.6. The molecule has 98 valence electrons. The van der Waals surface area contributed by atoms with Crippen LogP contribution < -0.4 is 5.73 Å². The van der Waals surface area contributed by atoms with Gasteiger partial charge < -0.3 is 10.5 Å². The molecule has 0 atom stereocenters. The Bertz CT molecular complexity index is 567. The first-order valence-corrected chi connectivity index (χ1v) is 6.67. The lowest BCUT2D eigenvalue weighted by atomic mass is 10.1. The van der Waals surface area contributed by atoms with E-state index in [-0.39, 0.29) is 19.0 Å². The topological polar surface area (TPSA) is 52.3 Å². The van der Waals surface area contributed by atoms with Crippen molar-refractivity contribution in [2.75, 3.05) is 5.73 Å². The third kappa shape index (κ3) is 4.41. The third-order valence-electron chi connectivity index (χ3n) is 2.62. The van der Waals surface area contributed by atoms with Gasteiger partial charge in [-0.1, -0.05) is 40.2 Å². The van der Waals surface area contributed by atoms with Crippen molar-refractivity contribution in [1.29, 1.82) is 0 Å². The molecule has 0 heterocycles. The van der Waals surface area contributed by atoms with Gasteiger partial charge in [-0.15, -0.1) is 0 Å². The number of nitrogens with two attached hydrogens (primary N) is 1. The number of hydrogen-bond donors (Lipinski definition) is 1. The molecule has 0 aromatic heterocycles. The summed E-state index contributed by atoms with van der Waals surface area (Å²) in [6.07, 6.45) is 0.258. The lowest BCUT2D eigenvalue weighted by molar-refractivity contribution is -0.144. The monoisotopic (exact) mass is 319 g/mol. The molecule has 2 aromatic carbocycles. The summed E-state index contributed by atoms with van der Waals surface area (Å²) in [5.41, 5.74) is 8.13. The van der Waals surface area contributed by atoms with Gasteiger partial charge in [0.15, 0.2) is 0 Å². The molecule has 0 unspecified atom stereocenters. The molecule has 2 N–H and O–H groups in total. The minimum atomic E-state index is -0.246. The van der Waals surface area contributed by atoms with E-state index in [2.05, 4.69) is 15.9 Å². The zero-order chi connectivity index (χ0) is 13.7. The molecule has 0 aliphatic rings. The second kappa shape index (κ2) is 6.38. The van der Waals surface area contributed by atoms with Crippen molar-refractivity contribution < 1.29 is 9.53 Å². The summed E-state index contributed by atoms with van der Waals surface area (Å²) in [5, 5.41) is 0. The van der Waals surface area contributed by atoms with Crippen LogP contribution >= 0.6 is 15.9 Å². The predicted octanol–water partition coefficient (Wildman–Crippen LogP) is 3.32. The average molecular weight is 320 g/mol. The highest BCUT2D eigenvalue weighted by Gasteiger charge is 2.05. The van der Waals surface area contributed by atoms with E-state index in [0.29, 0.717) is 5.69 Å². The Morgan fingerprint density at radius 2 is 1.84 bits per heavy atom. The number of carbonyl (C=O) groups excluding carboxylic acids is 1. The maximum Gasteiger partial charge on any atom is 0.310 e. The number of rotatable bonds is 4. The van der Waals surface area contributed by atoms with E-state index in [4.69, 9.17) is 10.5 Å². The maximum atomic E-state index is 11.7. The van der Waals surface area contributed by atoms with Crippen molar-refractivity contribution in [1.82, 2.24) is 0 Å². The highest BCUT2D eigenvalue weighted by Crippen LogP contribution is 2.13. The van der Waals surface area contributed by atoms with Crippen molar-refractivity contribution in [2.24, 2.45) is 0 Å².